The summed E-state index contributed by atoms with van der Waals surface area (Å²) >= 11 is 0. The molecule has 2 aromatic rings. The number of benzene rings is 2. The summed E-state index contributed by atoms with van der Waals surface area (Å²) in [7, 11) is -3.62. The highest BCUT2D eigenvalue weighted by Gasteiger charge is 2.35. The summed E-state index contributed by atoms with van der Waals surface area (Å²) in [4.78, 5) is 25.0. The van der Waals surface area contributed by atoms with Gasteiger partial charge in [-0.3, -0.25) is 9.10 Å². The van der Waals surface area contributed by atoms with Crippen molar-refractivity contribution in [1.82, 2.24) is 0 Å². The fourth-order valence-corrected chi connectivity index (χ4v) is 4.13. The first-order valence-corrected chi connectivity index (χ1v) is 11.3. The molecule has 0 saturated heterocycles. The second-order valence-electron chi connectivity index (χ2n) is 7.06. The fraction of sp³-hybridized carbons (Fsp3) is 0.333. The molecule has 9 heteroatoms. The van der Waals surface area contributed by atoms with Crippen molar-refractivity contribution in [2.45, 2.75) is 26.9 Å². The Labute approximate surface area is 175 Å². The molecule has 0 spiro atoms. The van der Waals surface area contributed by atoms with Crippen LogP contribution < -0.4 is 14.4 Å². The van der Waals surface area contributed by atoms with E-state index in [2.05, 4.69) is 5.32 Å². The number of carbonyl (C=O) groups excluding carboxylic acids is 2. The van der Waals surface area contributed by atoms with Gasteiger partial charge in [-0.25, -0.2) is 13.2 Å². The number of sulfonamides is 1. The van der Waals surface area contributed by atoms with E-state index in [-0.39, 0.29) is 13.2 Å². The van der Waals surface area contributed by atoms with E-state index in [1.54, 1.807) is 50.2 Å². The van der Waals surface area contributed by atoms with Gasteiger partial charge in [0.25, 0.3) is 5.91 Å². The maximum atomic E-state index is 12.9. The van der Waals surface area contributed by atoms with Gasteiger partial charge in [-0.05, 0) is 56.2 Å². The van der Waals surface area contributed by atoms with Gasteiger partial charge in [-0.2, -0.15) is 0 Å². The summed E-state index contributed by atoms with van der Waals surface area (Å²) in [5.74, 6) is -0.680. The Morgan fingerprint density at radius 2 is 1.97 bits per heavy atom. The average molecular weight is 432 g/mol. The van der Waals surface area contributed by atoms with E-state index in [9.17, 15) is 18.0 Å². The zero-order chi connectivity index (χ0) is 22.1. The van der Waals surface area contributed by atoms with E-state index < -0.39 is 28.0 Å². The topological polar surface area (TPSA) is 102 Å². The largest absolute Gasteiger partial charge is 0.476 e. The lowest BCUT2D eigenvalue weighted by molar-refractivity contribution is -0.122. The van der Waals surface area contributed by atoms with Crippen LogP contribution in [-0.4, -0.2) is 45.8 Å². The number of fused-ring (bicyclic) bond motifs is 1. The molecule has 3 rings (SSSR count). The van der Waals surface area contributed by atoms with Crippen LogP contribution in [0, 0.1) is 13.8 Å². The zero-order valence-electron chi connectivity index (χ0n) is 17.3. The Balaban J connectivity index is 1.87. The van der Waals surface area contributed by atoms with Crippen LogP contribution in [0.2, 0.25) is 0 Å². The molecule has 0 aromatic heterocycles. The molecule has 0 saturated carbocycles. The first-order valence-electron chi connectivity index (χ1n) is 9.44. The van der Waals surface area contributed by atoms with E-state index in [1.165, 1.54) is 4.31 Å². The van der Waals surface area contributed by atoms with Crippen molar-refractivity contribution in [2.24, 2.45) is 0 Å². The predicted molar refractivity (Wildman–Crippen MR) is 114 cm³/mol. The molecule has 1 amide bonds. The summed E-state index contributed by atoms with van der Waals surface area (Å²) in [6.45, 7) is 5.35. The molecule has 1 aliphatic rings. The summed E-state index contributed by atoms with van der Waals surface area (Å²) in [5.41, 5.74) is 2.60. The number of hydrogen-bond acceptors (Lipinski definition) is 6. The van der Waals surface area contributed by atoms with Crippen molar-refractivity contribution >= 4 is 33.3 Å². The van der Waals surface area contributed by atoms with Crippen LogP contribution in [0.3, 0.4) is 0 Å². The van der Waals surface area contributed by atoms with Gasteiger partial charge >= 0.3 is 5.97 Å². The number of nitrogens with one attached hydrogen (secondary N) is 1. The molecule has 2 aromatic carbocycles. The molecule has 160 valence electrons. The second kappa shape index (κ2) is 8.35. The molecular formula is C21H24N2O6S. The third kappa shape index (κ3) is 4.40. The number of hydrogen-bond donors (Lipinski definition) is 1. The Bertz CT molecular complexity index is 1100. The van der Waals surface area contributed by atoms with Gasteiger partial charge in [0.05, 0.1) is 30.7 Å². The van der Waals surface area contributed by atoms with E-state index in [1.807, 2.05) is 6.92 Å². The molecule has 0 unspecified atom stereocenters. The standard InChI is InChI=1S/C21H24N2O6S/c1-5-28-21(25)15-7-6-8-16(14(15)3)22-20(24)19-12-23(30(4,26)27)17-11-13(2)9-10-18(17)29-19/h6-11,19H,5,12H2,1-4H3,(H,22,24)/t19-/m0/s1. The SMILES string of the molecule is CCOC(=O)c1cccc(NC(=O)[C@@H]2CN(S(C)(=O)=O)c3cc(C)ccc3O2)c1C. The molecule has 1 atom stereocenters. The molecule has 1 aliphatic heterocycles. The number of amides is 1. The molecule has 1 heterocycles. The normalized spacial score (nSPS) is 15.7. The van der Waals surface area contributed by atoms with Gasteiger partial charge in [0, 0.05) is 5.69 Å². The van der Waals surface area contributed by atoms with Crippen LogP contribution >= 0.6 is 0 Å². The maximum Gasteiger partial charge on any atom is 0.338 e. The van der Waals surface area contributed by atoms with Crippen molar-refractivity contribution in [2.75, 3.05) is 29.0 Å². The molecule has 0 radical (unpaired) electrons. The van der Waals surface area contributed by atoms with Crippen molar-refractivity contribution in [1.29, 1.82) is 0 Å². The Morgan fingerprint density at radius 3 is 2.63 bits per heavy atom. The van der Waals surface area contributed by atoms with Crippen LogP contribution in [0.4, 0.5) is 11.4 Å². The van der Waals surface area contributed by atoms with Crippen LogP contribution in [-0.2, 0) is 19.6 Å². The van der Waals surface area contributed by atoms with Gasteiger partial charge in [-0.15, -0.1) is 0 Å². The van der Waals surface area contributed by atoms with E-state index in [0.29, 0.717) is 28.3 Å². The van der Waals surface area contributed by atoms with Crippen LogP contribution in [0.1, 0.15) is 28.4 Å². The summed E-state index contributed by atoms with van der Waals surface area (Å²) in [6, 6.07) is 10.0. The van der Waals surface area contributed by atoms with E-state index in [4.69, 9.17) is 9.47 Å². The lowest BCUT2D eigenvalue weighted by Crippen LogP contribution is -2.48. The predicted octanol–water partition coefficient (Wildman–Crippen LogP) is 2.65. The summed E-state index contributed by atoms with van der Waals surface area (Å²) in [6.07, 6.45) is 0.0346. The lowest BCUT2D eigenvalue weighted by atomic mass is 10.1. The minimum atomic E-state index is -3.62. The monoisotopic (exact) mass is 432 g/mol. The zero-order valence-corrected chi connectivity index (χ0v) is 18.1. The Morgan fingerprint density at radius 1 is 1.23 bits per heavy atom. The Kier molecular flexibility index (Phi) is 6.02. The second-order valence-corrected chi connectivity index (χ2v) is 8.97. The highest BCUT2D eigenvalue weighted by atomic mass is 32.2. The third-order valence-electron chi connectivity index (χ3n) is 4.76. The van der Waals surface area contributed by atoms with Crippen LogP contribution in [0.25, 0.3) is 0 Å². The number of ether oxygens (including phenoxy) is 2. The number of carbonyl (C=O) groups is 2. The van der Waals surface area contributed by atoms with Gasteiger partial charge in [0.2, 0.25) is 10.0 Å². The molecule has 8 nitrogen and oxygen atoms in total. The molecule has 0 bridgehead atoms. The minimum absolute atomic E-state index is 0.155. The van der Waals surface area contributed by atoms with E-state index in [0.717, 1.165) is 11.8 Å². The molecule has 1 N–H and O–H groups in total. The van der Waals surface area contributed by atoms with Gasteiger partial charge in [0.15, 0.2) is 6.10 Å². The summed E-state index contributed by atoms with van der Waals surface area (Å²) in [5, 5.41) is 2.74. The van der Waals surface area contributed by atoms with Gasteiger partial charge < -0.3 is 14.8 Å². The first-order chi connectivity index (χ1) is 14.1. The smallest absolute Gasteiger partial charge is 0.338 e. The van der Waals surface area contributed by atoms with Crippen molar-refractivity contribution < 1.29 is 27.5 Å². The number of aryl methyl sites for hydroxylation is 1. The third-order valence-corrected chi connectivity index (χ3v) is 5.91. The van der Waals surface area contributed by atoms with Gasteiger partial charge in [-0.1, -0.05) is 12.1 Å². The lowest BCUT2D eigenvalue weighted by Gasteiger charge is -2.34. The highest BCUT2D eigenvalue weighted by molar-refractivity contribution is 7.92. The van der Waals surface area contributed by atoms with Crippen molar-refractivity contribution in [3.05, 3.63) is 53.1 Å². The molecule has 30 heavy (non-hydrogen) atoms. The maximum absolute atomic E-state index is 12.9. The average Bonchev–Trinajstić information content (AvgIpc) is 2.68. The minimum Gasteiger partial charge on any atom is -0.476 e. The fourth-order valence-electron chi connectivity index (χ4n) is 3.23. The Hall–Kier alpha value is -3.07. The van der Waals surface area contributed by atoms with Crippen molar-refractivity contribution in [3.8, 4) is 5.75 Å². The quantitative estimate of drug-likeness (QED) is 0.729. The van der Waals surface area contributed by atoms with Gasteiger partial charge in [0.1, 0.15) is 5.75 Å². The van der Waals surface area contributed by atoms with Crippen LogP contribution in [0.15, 0.2) is 36.4 Å². The number of rotatable bonds is 5. The summed E-state index contributed by atoms with van der Waals surface area (Å²) < 4.78 is 36.6. The first kappa shape index (κ1) is 21.6. The number of esters is 1. The number of nitrogens with zero attached hydrogens (tertiary/aromatic N) is 1. The van der Waals surface area contributed by atoms with Crippen LogP contribution in [0.5, 0.6) is 5.75 Å². The van der Waals surface area contributed by atoms with Crippen molar-refractivity contribution in [3.63, 3.8) is 0 Å². The molecule has 0 aliphatic carbocycles. The highest BCUT2D eigenvalue weighted by Crippen LogP contribution is 2.36. The molecular weight excluding hydrogens is 408 g/mol. The van der Waals surface area contributed by atoms with E-state index >= 15 is 0 Å². The number of anilines is 2. The molecule has 0 fully saturated rings.